The van der Waals surface area contributed by atoms with Crippen molar-refractivity contribution < 1.29 is 19.0 Å². The van der Waals surface area contributed by atoms with Crippen LogP contribution in [0.1, 0.15) is 12.8 Å². The van der Waals surface area contributed by atoms with Crippen LogP contribution in [0.5, 0.6) is 17.2 Å². The van der Waals surface area contributed by atoms with Gasteiger partial charge in [-0.15, -0.1) is 0 Å². The van der Waals surface area contributed by atoms with E-state index >= 15 is 0 Å². The standard InChI is InChI=1S/C15H22N2O4/c1-19-12-4-3-5-13(20-2)15(12)21-10-14(18)17-8-6-11(16)7-9-17/h3-5,11H,6-10,16H2,1-2H3. The molecule has 0 aliphatic carbocycles. The summed E-state index contributed by atoms with van der Waals surface area (Å²) in [6, 6.07) is 5.53. The topological polar surface area (TPSA) is 74.0 Å². The zero-order valence-corrected chi connectivity index (χ0v) is 12.5. The van der Waals surface area contributed by atoms with E-state index in [2.05, 4.69) is 0 Å². The van der Waals surface area contributed by atoms with E-state index in [1.54, 1.807) is 37.3 Å². The van der Waals surface area contributed by atoms with Crippen molar-refractivity contribution in [2.24, 2.45) is 5.73 Å². The molecule has 1 amide bonds. The lowest BCUT2D eigenvalue weighted by molar-refractivity contribution is -0.134. The number of para-hydroxylation sites is 1. The molecule has 6 nitrogen and oxygen atoms in total. The molecule has 0 bridgehead atoms. The van der Waals surface area contributed by atoms with Gasteiger partial charge in [0.15, 0.2) is 18.1 Å². The second kappa shape index (κ2) is 7.17. The Bertz CT molecular complexity index is 462. The number of carbonyl (C=O) groups excluding carboxylic acids is 1. The maximum atomic E-state index is 12.2. The van der Waals surface area contributed by atoms with E-state index in [0.717, 1.165) is 12.8 Å². The molecule has 2 rings (SSSR count). The number of rotatable bonds is 5. The molecule has 21 heavy (non-hydrogen) atoms. The second-order valence-electron chi connectivity index (χ2n) is 5.00. The lowest BCUT2D eigenvalue weighted by atomic mass is 10.1. The molecule has 1 saturated heterocycles. The summed E-state index contributed by atoms with van der Waals surface area (Å²) in [6.07, 6.45) is 1.67. The zero-order valence-electron chi connectivity index (χ0n) is 12.5. The van der Waals surface area contributed by atoms with Gasteiger partial charge in [-0.2, -0.15) is 0 Å². The summed E-state index contributed by atoms with van der Waals surface area (Å²) in [5.74, 6) is 1.49. The zero-order chi connectivity index (χ0) is 15.2. The minimum Gasteiger partial charge on any atom is -0.493 e. The predicted octanol–water partition coefficient (Wildman–Crippen LogP) is 1.03. The number of hydrogen-bond acceptors (Lipinski definition) is 5. The van der Waals surface area contributed by atoms with Gasteiger partial charge in [-0.25, -0.2) is 0 Å². The SMILES string of the molecule is COc1cccc(OC)c1OCC(=O)N1CCC(N)CC1. The van der Waals surface area contributed by atoms with Crippen LogP contribution >= 0.6 is 0 Å². The lowest BCUT2D eigenvalue weighted by Crippen LogP contribution is -2.44. The molecule has 6 heteroatoms. The number of likely N-dealkylation sites (tertiary alicyclic amines) is 1. The third-order valence-corrected chi connectivity index (χ3v) is 3.61. The van der Waals surface area contributed by atoms with Gasteiger partial charge in [-0.3, -0.25) is 4.79 Å². The fourth-order valence-electron chi connectivity index (χ4n) is 2.33. The Labute approximate surface area is 124 Å². The van der Waals surface area contributed by atoms with Crippen molar-refractivity contribution in [1.29, 1.82) is 0 Å². The summed E-state index contributed by atoms with van der Waals surface area (Å²) in [5.41, 5.74) is 5.84. The molecule has 1 heterocycles. The number of benzene rings is 1. The first-order valence-electron chi connectivity index (χ1n) is 7.03. The largest absolute Gasteiger partial charge is 0.493 e. The fourth-order valence-corrected chi connectivity index (χ4v) is 2.33. The third-order valence-electron chi connectivity index (χ3n) is 3.61. The van der Waals surface area contributed by atoms with E-state index in [1.807, 2.05) is 0 Å². The highest BCUT2D eigenvalue weighted by Gasteiger charge is 2.22. The van der Waals surface area contributed by atoms with Crippen molar-refractivity contribution in [1.82, 2.24) is 4.90 Å². The molecule has 1 aromatic carbocycles. The van der Waals surface area contributed by atoms with Crippen LogP contribution in [0.25, 0.3) is 0 Å². The smallest absolute Gasteiger partial charge is 0.260 e. The first-order valence-corrected chi connectivity index (χ1v) is 7.03. The van der Waals surface area contributed by atoms with E-state index in [9.17, 15) is 4.79 Å². The number of nitrogens with zero attached hydrogens (tertiary/aromatic N) is 1. The quantitative estimate of drug-likeness (QED) is 0.878. The average molecular weight is 294 g/mol. The summed E-state index contributed by atoms with van der Waals surface area (Å²) < 4.78 is 16.1. The molecule has 2 N–H and O–H groups in total. The highest BCUT2D eigenvalue weighted by atomic mass is 16.5. The maximum Gasteiger partial charge on any atom is 0.260 e. The Morgan fingerprint density at radius 3 is 2.33 bits per heavy atom. The van der Waals surface area contributed by atoms with Gasteiger partial charge < -0.3 is 24.8 Å². The van der Waals surface area contributed by atoms with Gasteiger partial charge in [0, 0.05) is 19.1 Å². The van der Waals surface area contributed by atoms with E-state index < -0.39 is 0 Å². The van der Waals surface area contributed by atoms with Gasteiger partial charge in [0.25, 0.3) is 5.91 Å². The Balaban J connectivity index is 1.98. The van der Waals surface area contributed by atoms with Crippen LogP contribution < -0.4 is 19.9 Å². The van der Waals surface area contributed by atoms with Crippen LogP contribution in [-0.2, 0) is 4.79 Å². The van der Waals surface area contributed by atoms with E-state index in [-0.39, 0.29) is 18.6 Å². The number of hydrogen-bond donors (Lipinski definition) is 1. The monoisotopic (exact) mass is 294 g/mol. The number of nitrogens with two attached hydrogens (primary N) is 1. The van der Waals surface area contributed by atoms with E-state index in [1.165, 1.54) is 0 Å². The normalized spacial score (nSPS) is 15.7. The molecule has 0 spiro atoms. The highest BCUT2D eigenvalue weighted by Crippen LogP contribution is 2.36. The summed E-state index contributed by atoms with van der Waals surface area (Å²) in [7, 11) is 3.10. The molecule has 116 valence electrons. The Morgan fingerprint density at radius 2 is 1.81 bits per heavy atom. The van der Waals surface area contributed by atoms with Crippen LogP contribution in [0.15, 0.2) is 18.2 Å². The molecule has 0 radical (unpaired) electrons. The van der Waals surface area contributed by atoms with E-state index in [0.29, 0.717) is 30.3 Å². The lowest BCUT2D eigenvalue weighted by Gasteiger charge is -2.30. The molecular weight excluding hydrogens is 272 g/mol. The van der Waals surface area contributed by atoms with Gasteiger partial charge in [-0.05, 0) is 25.0 Å². The number of amides is 1. The van der Waals surface area contributed by atoms with Gasteiger partial charge in [-0.1, -0.05) is 6.07 Å². The Kier molecular flexibility index (Phi) is 5.27. The summed E-state index contributed by atoms with van der Waals surface area (Å²) in [4.78, 5) is 13.9. The summed E-state index contributed by atoms with van der Waals surface area (Å²) in [5, 5.41) is 0. The van der Waals surface area contributed by atoms with Crippen LogP contribution in [0.2, 0.25) is 0 Å². The fraction of sp³-hybridized carbons (Fsp3) is 0.533. The Hall–Kier alpha value is -1.95. The van der Waals surface area contributed by atoms with Crippen LogP contribution in [-0.4, -0.2) is 50.8 Å². The molecule has 1 aromatic rings. The van der Waals surface area contributed by atoms with Crippen LogP contribution in [0, 0.1) is 0 Å². The molecule has 0 atom stereocenters. The minimum atomic E-state index is -0.0464. The van der Waals surface area contributed by atoms with Crippen molar-refractivity contribution in [3.8, 4) is 17.2 Å². The van der Waals surface area contributed by atoms with Gasteiger partial charge in [0.1, 0.15) is 0 Å². The second-order valence-corrected chi connectivity index (χ2v) is 5.00. The molecular formula is C15H22N2O4. The number of ether oxygens (including phenoxy) is 3. The molecule has 1 aliphatic heterocycles. The van der Waals surface area contributed by atoms with Gasteiger partial charge in [0.05, 0.1) is 14.2 Å². The molecule has 1 fully saturated rings. The number of methoxy groups -OCH3 is 2. The van der Waals surface area contributed by atoms with Crippen molar-refractivity contribution >= 4 is 5.91 Å². The summed E-state index contributed by atoms with van der Waals surface area (Å²) in [6.45, 7) is 1.34. The maximum absolute atomic E-state index is 12.2. The molecule has 0 unspecified atom stereocenters. The summed E-state index contributed by atoms with van der Waals surface area (Å²) >= 11 is 0. The molecule has 0 aromatic heterocycles. The molecule has 0 saturated carbocycles. The number of carbonyl (C=O) groups is 1. The van der Waals surface area contributed by atoms with Crippen LogP contribution in [0.4, 0.5) is 0 Å². The Morgan fingerprint density at radius 1 is 1.24 bits per heavy atom. The van der Waals surface area contributed by atoms with Crippen molar-refractivity contribution in [3.63, 3.8) is 0 Å². The first-order chi connectivity index (χ1) is 10.2. The third kappa shape index (κ3) is 3.78. The minimum absolute atomic E-state index is 0.0357. The van der Waals surface area contributed by atoms with Gasteiger partial charge >= 0.3 is 0 Å². The highest BCUT2D eigenvalue weighted by molar-refractivity contribution is 5.78. The number of piperidine rings is 1. The van der Waals surface area contributed by atoms with Crippen molar-refractivity contribution in [3.05, 3.63) is 18.2 Å². The van der Waals surface area contributed by atoms with E-state index in [4.69, 9.17) is 19.9 Å². The van der Waals surface area contributed by atoms with Gasteiger partial charge in [0.2, 0.25) is 5.75 Å². The average Bonchev–Trinajstić information content (AvgIpc) is 2.52. The first kappa shape index (κ1) is 15.4. The predicted molar refractivity (Wildman–Crippen MR) is 78.8 cm³/mol. The molecule has 1 aliphatic rings. The van der Waals surface area contributed by atoms with Crippen molar-refractivity contribution in [2.75, 3.05) is 33.9 Å². The van der Waals surface area contributed by atoms with Crippen molar-refractivity contribution in [2.45, 2.75) is 18.9 Å². The van der Waals surface area contributed by atoms with Crippen LogP contribution in [0.3, 0.4) is 0 Å².